The average Bonchev–Trinajstić information content (AvgIpc) is 3.02. The molecule has 138 valence electrons. The van der Waals surface area contributed by atoms with E-state index >= 15 is 0 Å². The quantitative estimate of drug-likeness (QED) is 0.708. The Balaban J connectivity index is 1.58. The summed E-state index contributed by atoms with van der Waals surface area (Å²) in [6.07, 6.45) is 0.265. The second-order valence-corrected chi connectivity index (χ2v) is 6.42. The van der Waals surface area contributed by atoms with Crippen LogP contribution < -0.4 is 10.6 Å². The van der Waals surface area contributed by atoms with Crippen molar-refractivity contribution in [2.75, 3.05) is 5.32 Å². The highest BCUT2D eigenvalue weighted by atomic mass is 16.2. The summed E-state index contributed by atoms with van der Waals surface area (Å²) in [5.74, 6) is 0.0435. The number of carbonyl (C=O) groups excluding carboxylic acids is 2. The molecular weight excluding hydrogens is 340 g/mol. The average molecular weight is 362 g/mol. The number of rotatable bonds is 6. The van der Waals surface area contributed by atoms with E-state index in [1.165, 1.54) is 10.2 Å². The number of anilines is 1. The maximum absolute atomic E-state index is 12.3. The van der Waals surface area contributed by atoms with Gasteiger partial charge in [-0.3, -0.25) is 14.3 Å². The molecule has 0 aliphatic carbocycles. The fourth-order valence-corrected chi connectivity index (χ4v) is 2.64. The van der Waals surface area contributed by atoms with Crippen LogP contribution in [-0.4, -0.2) is 21.6 Å². The van der Waals surface area contributed by atoms with Crippen LogP contribution in [0.1, 0.15) is 27.2 Å². The molecule has 1 heterocycles. The van der Waals surface area contributed by atoms with Gasteiger partial charge >= 0.3 is 0 Å². The number of carbonyl (C=O) groups is 2. The van der Waals surface area contributed by atoms with E-state index in [1.54, 1.807) is 13.1 Å². The van der Waals surface area contributed by atoms with Crippen LogP contribution in [0.15, 0.2) is 60.7 Å². The third-order valence-electron chi connectivity index (χ3n) is 4.16. The number of aryl methyl sites for hydroxylation is 2. The molecule has 3 aromatic rings. The van der Waals surface area contributed by atoms with Crippen LogP contribution in [0, 0.1) is 6.92 Å². The van der Waals surface area contributed by atoms with Gasteiger partial charge in [0.15, 0.2) is 5.69 Å². The lowest BCUT2D eigenvalue weighted by molar-refractivity contribution is -0.115. The number of nitrogens with one attached hydrogen (secondary N) is 2. The standard InChI is InChI=1S/C21H22N4O2/c1-15-8-10-17(11-9-15)14-22-21(27)18-13-19(25(2)24-18)23-20(26)12-16-6-4-3-5-7-16/h3-11,13H,12,14H2,1-2H3,(H,22,27)(H,23,26). The van der Waals surface area contributed by atoms with Crippen LogP contribution in [0.3, 0.4) is 0 Å². The SMILES string of the molecule is Cc1ccc(CNC(=O)c2cc(NC(=O)Cc3ccccc3)n(C)n2)cc1. The fourth-order valence-electron chi connectivity index (χ4n) is 2.64. The molecule has 0 saturated carbocycles. The molecule has 2 aromatic carbocycles. The zero-order chi connectivity index (χ0) is 19.2. The maximum Gasteiger partial charge on any atom is 0.272 e. The van der Waals surface area contributed by atoms with Crippen LogP contribution in [0.25, 0.3) is 0 Å². The van der Waals surface area contributed by atoms with E-state index in [0.717, 1.165) is 11.1 Å². The third kappa shape index (κ3) is 5.04. The maximum atomic E-state index is 12.3. The summed E-state index contributed by atoms with van der Waals surface area (Å²) < 4.78 is 1.49. The first kappa shape index (κ1) is 18.4. The van der Waals surface area contributed by atoms with Gasteiger partial charge in [0.25, 0.3) is 5.91 Å². The first-order chi connectivity index (χ1) is 13.0. The number of hydrogen-bond donors (Lipinski definition) is 2. The minimum Gasteiger partial charge on any atom is -0.347 e. The van der Waals surface area contributed by atoms with Gasteiger partial charge in [0, 0.05) is 19.7 Å². The molecule has 0 saturated heterocycles. The molecule has 0 aliphatic heterocycles. The number of aromatic nitrogens is 2. The van der Waals surface area contributed by atoms with Crippen LogP contribution in [0.4, 0.5) is 5.82 Å². The van der Waals surface area contributed by atoms with Gasteiger partial charge in [-0.05, 0) is 18.1 Å². The summed E-state index contributed by atoms with van der Waals surface area (Å²) in [6, 6.07) is 19.0. The van der Waals surface area contributed by atoms with Gasteiger partial charge in [0.1, 0.15) is 5.82 Å². The molecule has 0 fully saturated rings. The van der Waals surface area contributed by atoms with E-state index in [2.05, 4.69) is 15.7 Å². The van der Waals surface area contributed by atoms with Crippen molar-refractivity contribution in [3.8, 4) is 0 Å². The van der Waals surface area contributed by atoms with E-state index in [0.29, 0.717) is 12.4 Å². The Morgan fingerprint density at radius 1 is 1.00 bits per heavy atom. The van der Waals surface area contributed by atoms with Gasteiger partial charge in [0.05, 0.1) is 6.42 Å². The first-order valence-corrected chi connectivity index (χ1v) is 8.73. The van der Waals surface area contributed by atoms with E-state index in [4.69, 9.17) is 0 Å². The fraction of sp³-hybridized carbons (Fsp3) is 0.190. The molecule has 3 rings (SSSR count). The predicted octanol–water partition coefficient (Wildman–Crippen LogP) is 2.84. The lowest BCUT2D eigenvalue weighted by Gasteiger charge is -2.04. The smallest absolute Gasteiger partial charge is 0.272 e. The van der Waals surface area contributed by atoms with Crippen molar-refractivity contribution in [2.24, 2.45) is 7.05 Å². The molecule has 0 aliphatic rings. The highest BCUT2D eigenvalue weighted by molar-refractivity contribution is 5.95. The Morgan fingerprint density at radius 3 is 2.41 bits per heavy atom. The van der Waals surface area contributed by atoms with Crippen LogP contribution in [0.5, 0.6) is 0 Å². The Bertz CT molecular complexity index is 931. The van der Waals surface area contributed by atoms with Gasteiger partial charge in [-0.25, -0.2) is 0 Å². The van der Waals surface area contributed by atoms with Crippen molar-refractivity contribution in [3.05, 3.63) is 83.0 Å². The number of benzene rings is 2. The van der Waals surface area contributed by atoms with Crippen LogP contribution >= 0.6 is 0 Å². The second kappa shape index (κ2) is 8.31. The number of amides is 2. The highest BCUT2D eigenvalue weighted by Gasteiger charge is 2.14. The molecule has 2 N–H and O–H groups in total. The van der Waals surface area contributed by atoms with Crippen molar-refractivity contribution in [2.45, 2.75) is 19.9 Å². The molecule has 0 unspecified atom stereocenters. The summed E-state index contributed by atoms with van der Waals surface area (Å²) in [4.78, 5) is 24.5. The van der Waals surface area contributed by atoms with Crippen molar-refractivity contribution in [3.63, 3.8) is 0 Å². The van der Waals surface area contributed by atoms with Gasteiger partial charge in [-0.2, -0.15) is 5.10 Å². The summed E-state index contributed by atoms with van der Waals surface area (Å²) in [5, 5.41) is 9.82. The van der Waals surface area contributed by atoms with E-state index in [-0.39, 0.29) is 23.9 Å². The molecule has 0 bridgehead atoms. The predicted molar refractivity (Wildman–Crippen MR) is 104 cm³/mol. The molecule has 6 heteroatoms. The molecule has 27 heavy (non-hydrogen) atoms. The summed E-state index contributed by atoms with van der Waals surface area (Å²) in [5.41, 5.74) is 3.37. The zero-order valence-corrected chi connectivity index (χ0v) is 15.4. The Kier molecular flexibility index (Phi) is 5.66. The van der Waals surface area contributed by atoms with E-state index in [1.807, 2.05) is 61.5 Å². The topological polar surface area (TPSA) is 76.0 Å². The third-order valence-corrected chi connectivity index (χ3v) is 4.16. The second-order valence-electron chi connectivity index (χ2n) is 6.42. The Morgan fingerprint density at radius 2 is 1.70 bits per heavy atom. The molecule has 6 nitrogen and oxygen atoms in total. The summed E-state index contributed by atoms with van der Waals surface area (Å²) >= 11 is 0. The lowest BCUT2D eigenvalue weighted by Crippen LogP contribution is -2.23. The van der Waals surface area contributed by atoms with Gasteiger partial charge in [-0.1, -0.05) is 60.2 Å². The Hall–Kier alpha value is -3.41. The van der Waals surface area contributed by atoms with Crippen molar-refractivity contribution in [1.29, 1.82) is 0 Å². The highest BCUT2D eigenvalue weighted by Crippen LogP contribution is 2.11. The van der Waals surface area contributed by atoms with Crippen molar-refractivity contribution < 1.29 is 9.59 Å². The van der Waals surface area contributed by atoms with Gasteiger partial charge in [-0.15, -0.1) is 0 Å². The van der Waals surface area contributed by atoms with Gasteiger partial charge in [0.2, 0.25) is 5.91 Å². The lowest BCUT2D eigenvalue weighted by atomic mass is 10.1. The molecule has 1 aromatic heterocycles. The molecule has 2 amide bonds. The van der Waals surface area contributed by atoms with Gasteiger partial charge < -0.3 is 10.6 Å². The molecule has 0 atom stereocenters. The molecule has 0 radical (unpaired) electrons. The van der Waals surface area contributed by atoms with Crippen LogP contribution in [0.2, 0.25) is 0 Å². The Labute approximate surface area is 158 Å². The first-order valence-electron chi connectivity index (χ1n) is 8.73. The van der Waals surface area contributed by atoms with E-state index < -0.39 is 0 Å². The van der Waals surface area contributed by atoms with Crippen molar-refractivity contribution >= 4 is 17.6 Å². The minimum absolute atomic E-state index is 0.157. The number of hydrogen-bond acceptors (Lipinski definition) is 3. The minimum atomic E-state index is -0.283. The molecular formula is C21H22N4O2. The van der Waals surface area contributed by atoms with Crippen molar-refractivity contribution in [1.82, 2.24) is 15.1 Å². The normalized spacial score (nSPS) is 10.4. The monoisotopic (exact) mass is 362 g/mol. The zero-order valence-electron chi connectivity index (χ0n) is 15.4. The molecule has 0 spiro atoms. The number of nitrogens with zero attached hydrogens (tertiary/aromatic N) is 2. The van der Waals surface area contributed by atoms with E-state index in [9.17, 15) is 9.59 Å². The largest absolute Gasteiger partial charge is 0.347 e. The summed E-state index contributed by atoms with van der Waals surface area (Å²) in [6.45, 7) is 2.44. The van der Waals surface area contributed by atoms with Crippen LogP contribution in [-0.2, 0) is 24.8 Å². The summed E-state index contributed by atoms with van der Waals surface area (Å²) in [7, 11) is 1.69.